The lowest BCUT2D eigenvalue weighted by Crippen LogP contribution is -2.35. The number of hydrogen-bond acceptors (Lipinski definition) is 6. The number of hydrogen-bond donors (Lipinski definition) is 4. The second kappa shape index (κ2) is 12.1. The van der Waals surface area contributed by atoms with E-state index in [0.29, 0.717) is 40.9 Å². The third-order valence-corrected chi connectivity index (χ3v) is 7.31. The van der Waals surface area contributed by atoms with Gasteiger partial charge in [0.25, 0.3) is 0 Å². The molecule has 4 bridgehead atoms. The molecule has 0 radical (unpaired) electrons. The summed E-state index contributed by atoms with van der Waals surface area (Å²) < 4.78 is 27.2. The molecule has 3 aromatic carbocycles. The van der Waals surface area contributed by atoms with Crippen molar-refractivity contribution in [3.63, 3.8) is 0 Å². The van der Waals surface area contributed by atoms with Crippen LogP contribution in [0.3, 0.4) is 0 Å². The molecule has 2 unspecified atom stereocenters. The van der Waals surface area contributed by atoms with Crippen LogP contribution in [0.1, 0.15) is 45.6 Å². The number of likely N-dealkylation sites (N-methyl/N-ethyl adjacent to an activating group) is 1. The summed E-state index contributed by atoms with van der Waals surface area (Å²) >= 11 is -2.32. The Morgan fingerprint density at radius 2 is 1.95 bits per heavy atom. The number of nitrogens with zero attached hydrogens (tertiary/aromatic N) is 1. The van der Waals surface area contributed by atoms with Gasteiger partial charge in [-0.3, -0.25) is 14.9 Å². The predicted octanol–water partition coefficient (Wildman–Crippen LogP) is 3.84. The van der Waals surface area contributed by atoms with Crippen LogP contribution < -0.4 is 16.4 Å². The molecular formula is C28H30N4O6S. The molecule has 2 atom stereocenters. The second-order valence-corrected chi connectivity index (χ2v) is 10.1. The molecule has 0 aromatic heterocycles. The van der Waals surface area contributed by atoms with E-state index in [1.54, 1.807) is 37.4 Å². The number of amides is 3. The monoisotopic (exact) mass is 550 g/mol. The zero-order chi connectivity index (χ0) is 28.1. The standard InChI is InChI=1S/C28H30N4O6S/c1-3-17-13-19-8-7-18(17)11-12-38-28(35)31-23-9-10-24(39(36)37)21(15-23)16-32(2)27(34)25(19)30-22-6-4-5-20(14-22)26(29)33/h4-10,13-15,25,30H,3,11-12,16H2,1-2H3,(H2,29,33)(H,31,35)(H,36,37). The van der Waals surface area contributed by atoms with E-state index in [9.17, 15) is 23.1 Å². The minimum absolute atomic E-state index is 0.0107. The van der Waals surface area contributed by atoms with Crippen LogP contribution in [0, 0.1) is 0 Å². The number of fused-ring (bicyclic) bond motifs is 9. The smallest absolute Gasteiger partial charge is 0.411 e. The van der Waals surface area contributed by atoms with Gasteiger partial charge in [-0.1, -0.05) is 31.2 Å². The van der Waals surface area contributed by atoms with E-state index in [2.05, 4.69) is 10.6 Å². The maximum Gasteiger partial charge on any atom is 0.411 e. The number of carbonyl (C=O) groups is 3. The number of nitrogens with two attached hydrogens (primary N) is 1. The van der Waals surface area contributed by atoms with Crippen LogP contribution in [-0.4, -0.2) is 45.2 Å². The van der Waals surface area contributed by atoms with Gasteiger partial charge in [-0.05, 0) is 65.1 Å². The Balaban J connectivity index is 1.79. The van der Waals surface area contributed by atoms with Crippen molar-refractivity contribution in [3.8, 4) is 0 Å². The molecular weight excluding hydrogens is 520 g/mol. The average molecular weight is 551 g/mol. The zero-order valence-corrected chi connectivity index (χ0v) is 22.4. The summed E-state index contributed by atoms with van der Waals surface area (Å²) in [6.45, 7) is 2.14. The molecule has 3 amide bonds. The quantitative estimate of drug-likeness (QED) is 0.352. The topological polar surface area (TPSA) is 151 Å². The van der Waals surface area contributed by atoms with E-state index < -0.39 is 29.1 Å². The highest BCUT2D eigenvalue weighted by molar-refractivity contribution is 7.79. The lowest BCUT2D eigenvalue weighted by atomic mass is 9.95. The van der Waals surface area contributed by atoms with Gasteiger partial charge >= 0.3 is 6.09 Å². The fraction of sp³-hybridized carbons (Fsp3) is 0.250. The highest BCUT2D eigenvalue weighted by Crippen LogP contribution is 2.27. The largest absolute Gasteiger partial charge is 0.449 e. The van der Waals surface area contributed by atoms with Crippen LogP contribution in [0.15, 0.2) is 65.6 Å². The van der Waals surface area contributed by atoms with Crippen LogP contribution in [0.25, 0.3) is 0 Å². The molecule has 3 aromatic rings. The normalized spacial score (nSPS) is 16.8. The van der Waals surface area contributed by atoms with E-state index >= 15 is 0 Å². The van der Waals surface area contributed by atoms with Gasteiger partial charge in [0.2, 0.25) is 11.8 Å². The van der Waals surface area contributed by atoms with Crippen molar-refractivity contribution in [1.29, 1.82) is 0 Å². The number of benzene rings is 3. The summed E-state index contributed by atoms with van der Waals surface area (Å²) in [5.74, 6) is -0.898. The average Bonchev–Trinajstić information content (AvgIpc) is 2.91. The number of anilines is 2. The van der Waals surface area contributed by atoms with Crippen LogP contribution in [0.2, 0.25) is 0 Å². The van der Waals surface area contributed by atoms with E-state index in [1.807, 2.05) is 25.1 Å². The van der Waals surface area contributed by atoms with Gasteiger partial charge in [0, 0.05) is 37.0 Å². The molecule has 2 aliphatic rings. The van der Waals surface area contributed by atoms with Gasteiger partial charge in [0.05, 0.1) is 11.5 Å². The first-order valence-corrected chi connectivity index (χ1v) is 13.5. The minimum Gasteiger partial charge on any atom is -0.449 e. The van der Waals surface area contributed by atoms with Gasteiger partial charge in [-0.15, -0.1) is 0 Å². The minimum atomic E-state index is -2.32. The Hall–Kier alpha value is -4.22. The molecule has 204 valence electrons. The Bertz CT molecular complexity index is 1440. The summed E-state index contributed by atoms with van der Waals surface area (Å²) in [6.07, 6.45) is 0.531. The molecule has 0 aliphatic carbocycles. The number of nitrogens with one attached hydrogen (secondary N) is 2. The fourth-order valence-electron chi connectivity index (χ4n) is 4.53. The summed E-state index contributed by atoms with van der Waals surface area (Å²) in [7, 11) is 1.59. The maximum atomic E-state index is 13.9. The van der Waals surface area contributed by atoms with Crippen molar-refractivity contribution in [2.75, 3.05) is 24.3 Å². The molecule has 10 nitrogen and oxygen atoms in total. The van der Waals surface area contributed by atoms with Crippen molar-refractivity contribution in [3.05, 3.63) is 88.5 Å². The molecule has 0 saturated carbocycles. The lowest BCUT2D eigenvalue weighted by Gasteiger charge is -2.27. The molecule has 0 fully saturated rings. The zero-order valence-electron chi connectivity index (χ0n) is 21.6. The van der Waals surface area contributed by atoms with Gasteiger partial charge in [-0.2, -0.15) is 0 Å². The molecule has 11 heteroatoms. The molecule has 2 aliphatic heterocycles. The van der Waals surface area contributed by atoms with Gasteiger partial charge in [0.1, 0.15) is 6.04 Å². The Morgan fingerprint density at radius 1 is 1.15 bits per heavy atom. The van der Waals surface area contributed by atoms with E-state index in [1.165, 1.54) is 17.0 Å². The number of primary amides is 1. The number of carbonyl (C=O) groups excluding carboxylic acids is 3. The summed E-state index contributed by atoms with van der Waals surface area (Å²) in [6, 6.07) is 15.9. The van der Waals surface area contributed by atoms with Crippen molar-refractivity contribution < 1.29 is 27.9 Å². The summed E-state index contributed by atoms with van der Waals surface area (Å²) in [5.41, 5.74) is 9.73. The molecule has 0 spiro atoms. The van der Waals surface area contributed by atoms with E-state index in [-0.39, 0.29) is 24.0 Å². The number of ether oxygens (including phenoxy) is 1. The molecule has 0 saturated heterocycles. The first kappa shape index (κ1) is 27.8. The van der Waals surface area contributed by atoms with Crippen molar-refractivity contribution in [1.82, 2.24) is 4.90 Å². The fourth-order valence-corrected chi connectivity index (χ4v) is 5.06. The van der Waals surface area contributed by atoms with Crippen LogP contribution in [0.4, 0.5) is 16.2 Å². The molecule has 5 N–H and O–H groups in total. The van der Waals surface area contributed by atoms with Crippen molar-refractivity contribution >= 4 is 40.4 Å². The van der Waals surface area contributed by atoms with Crippen molar-refractivity contribution in [2.24, 2.45) is 5.73 Å². The molecule has 5 rings (SSSR count). The van der Waals surface area contributed by atoms with E-state index in [4.69, 9.17) is 10.5 Å². The first-order chi connectivity index (χ1) is 18.7. The third kappa shape index (κ3) is 6.62. The Kier molecular flexibility index (Phi) is 8.62. The van der Waals surface area contributed by atoms with Crippen LogP contribution in [0.5, 0.6) is 0 Å². The second-order valence-electron chi connectivity index (χ2n) is 9.18. The predicted molar refractivity (Wildman–Crippen MR) is 148 cm³/mol. The van der Waals surface area contributed by atoms with Gasteiger partial charge < -0.3 is 25.2 Å². The Morgan fingerprint density at radius 3 is 2.67 bits per heavy atom. The number of aryl methyl sites for hydroxylation is 1. The lowest BCUT2D eigenvalue weighted by molar-refractivity contribution is -0.131. The third-order valence-electron chi connectivity index (χ3n) is 6.53. The molecule has 2 heterocycles. The summed E-state index contributed by atoms with van der Waals surface area (Å²) in [5, 5.41) is 5.88. The van der Waals surface area contributed by atoms with Gasteiger partial charge in [0.15, 0.2) is 11.1 Å². The van der Waals surface area contributed by atoms with Crippen LogP contribution in [-0.2, 0) is 40.0 Å². The number of rotatable bonds is 5. The van der Waals surface area contributed by atoms with Gasteiger partial charge in [-0.25, -0.2) is 9.00 Å². The summed E-state index contributed by atoms with van der Waals surface area (Å²) in [4.78, 5) is 39.6. The highest BCUT2D eigenvalue weighted by Gasteiger charge is 2.26. The van der Waals surface area contributed by atoms with Crippen LogP contribution >= 0.6 is 0 Å². The SMILES string of the molecule is CCc1cc2ccc1CCOC(=O)Nc1ccc(S(=O)O)c(c1)CN(C)C(=O)C2Nc1cccc(C(N)=O)c1. The highest BCUT2D eigenvalue weighted by atomic mass is 32.2. The maximum absolute atomic E-state index is 13.9. The van der Waals surface area contributed by atoms with Crippen molar-refractivity contribution in [2.45, 2.75) is 37.2 Å². The Labute approximate surface area is 228 Å². The first-order valence-electron chi connectivity index (χ1n) is 12.4. The van der Waals surface area contributed by atoms with E-state index in [0.717, 1.165) is 11.1 Å². The molecule has 39 heavy (non-hydrogen) atoms.